The molecule has 0 bridgehead atoms. The first-order valence-corrected chi connectivity index (χ1v) is 10.6. The van der Waals surface area contributed by atoms with Gasteiger partial charge in [0.25, 0.3) is 11.5 Å². The maximum absolute atomic E-state index is 13.2. The summed E-state index contributed by atoms with van der Waals surface area (Å²) in [6.07, 6.45) is 1.97. The highest BCUT2D eigenvalue weighted by Crippen LogP contribution is 2.26. The van der Waals surface area contributed by atoms with Crippen molar-refractivity contribution in [3.8, 4) is 11.4 Å². The van der Waals surface area contributed by atoms with Crippen molar-refractivity contribution < 1.29 is 14.7 Å². The number of H-pyrrole nitrogens is 2. The third-order valence-electron chi connectivity index (χ3n) is 5.58. The summed E-state index contributed by atoms with van der Waals surface area (Å²) >= 11 is 6.18. The normalized spacial score (nSPS) is 15.2. The van der Waals surface area contributed by atoms with Crippen LogP contribution in [0.25, 0.3) is 22.4 Å². The second-order valence-corrected chi connectivity index (χ2v) is 7.98. The van der Waals surface area contributed by atoms with E-state index in [1.54, 1.807) is 30.1 Å². The maximum atomic E-state index is 13.2. The molecule has 11 heteroatoms. The molecule has 0 aliphatic carbocycles. The number of aliphatic hydroxyl groups excluding tert-OH is 1. The number of amides is 2. The molecule has 0 radical (unpaired) electrons. The summed E-state index contributed by atoms with van der Waals surface area (Å²) in [5, 5.41) is 12.1. The number of hydrogen-bond acceptors (Lipinski definition) is 7. The Balaban J connectivity index is 1.64. The van der Waals surface area contributed by atoms with Crippen molar-refractivity contribution >= 4 is 35.0 Å². The Morgan fingerprint density at radius 3 is 2.72 bits per heavy atom. The van der Waals surface area contributed by atoms with Gasteiger partial charge in [-0.1, -0.05) is 11.6 Å². The molecule has 3 N–H and O–H groups in total. The van der Waals surface area contributed by atoms with Gasteiger partial charge in [0.15, 0.2) is 0 Å². The molecule has 2 aromatic heterocycles. The number of β-amino-alcohol motifs (C(OH)–C–C–N with tert-alkyl or cyclic N) is 1. The van der Waals surface area contributed by atoms with E-state index in [-0.39, 0.29) is 22.8 Å². The van der Waals surface area contributed by atoms with Gasteiger partial charge in [0.1, 0.15) is 11.4 Å². The summed E-state index contributed by atoms with van der Waals surface area (Å²) in [5.41, 5.74) is 1.96. The first kappa shape index (κ1) is 22.2. The molecule has 0 spiro atoms. The highest BCUT2D eigenvalue weighted by molar-refractivity contribution is 6.33. The van der Waals surface area contributed by atoms with E-state index in [1.807, 2.05) is 0 Å². The number of aromatic nitrogens is 3. The highest BCUT2D eigenvalue weighted by atomic mass is 35.5. The van der Waals surface area contributed by atoms with Crippen LogP contribution in [0.4, 0.5) is 0 Å². The second kappa shape index (κ2) is 9.21. The molecule has 1 fully saturated rings. The minimum Gasteiger partial charge on any atom is -0.395 e. The van der Waals surface area contributed by atoms with E-state index < -0.39 is 5.91 Å². The largest absolute Gasteiger partial charge is 0.395 e. The van der Waals surface area contributed by atoms with Gasteiger partial charge in [-0.2, -0.15) is 0 Å². The van der Waals surface area contributed by atoms with Crippen molar-refractivity contribution in [2.45, 2.75) is 6.92 Å². The molecule has 4 rings (SSSR count). The lowest BCUT2D eigenvalue weighted by Gasteiger charge is -2.38. The second-order valence-electron chi connectivity index (χ2n) is 7.57. The number of aromatic amines is 2. The predicted molar refractivity (Wildman–Crippen MR) is 119 cm³/mol. The number of nitrogens with one attached hydrogen (secondary N) is 2. The van der Waals surface area contributed by atoms with Gasteiger partial charge in [0.05, 0.1) is 22.7 Å². The molecule has 1 aromatic carbocycles. The van der Waals surface area contributed by atoms with Crippen molar-refractivity contribution in [2.24, 2.45) is 0 Å². The number of fused-ring (bicyclic) bond motifs is 1. The zero-order valence-corrected chi connectivity index (χ0v) is 18.2. The number of rotatable bonds is 6. The monoisotopic (exact) mass is 458 g/mol. The Morgan fingerprint density at radius 2 is 2.06 bits per heavy atom. The Kier molecular flexibility index (Phi) is 6.38. The fourth-order valence-electron chi connectivity index (χ4n) is 3.87. The molecular formula is C21H23ClN6O4. The Bertz CT molecular complexity index is 1210. The van der Waals surface area contributed by atoms with Crippen molar-refractivity contribution in [3.63, 3.8) is 0 Å². The molecule has 10 nitrogen and oxygen atoms in total. The van der Waals surface area contributed by atoms with Gasteiger partial charge in [0.2, 0.25) is 6.41 Å². The zero-order chi connectivity index (χ0) is 22.8. The fourth-order valence-corrected chi connectivity index (χ4v) is 4.11. The summed E-state index contributed by atoms with van der Waals surface area (Å²) in [6, 6.07) is 4.93. The van der Waals surface area contributed by atoms with E-state index in [0.717, 1.165) is 5.01 Å². The smallest absolute Gasteiger partial charge is 0.275 e. The number of piperazine rings is 1. The minimum atomic E-state index is -0.449. The summed E-state index contributed by atoms with van der Waals surface area (Å²) in [5.74, 6) is -0.154. The lowest BCUT2D eigenvalue weighted by molar-refractivity contribution is -0.131. The van der Waals surface area contributed by atoms with Crippen LogP contribution in [0.5, 0.6) is 0 Å². The van der Waals surface area contributed by atoms with E-state index in [9.17, 15) is 14.4 Å². The number of hydrogen-bond donors (Lipinski definition) is 3. The van der Waals surface area contributed by atoms with Crippen LogP contribution < -0.4 is 5.56 Å². The molecular weight excluding hydrogens is 436 g/mol. The number of carbonyl (C=O) groups excluding carboxylic acids is 2. The summed E-state index contributed by atoms with van der Waals surface area (Å²) in [7, 11) is 0. The predicted octanol–water partition coefficient (Wildman–Crippen LogP) is 1.00. The van der Waals surface area contributed by atoms with Gasteiger partial charge in [-0.05, 0) is 30.7 Å². The van der Waals surface area contributed by atoms with Crippen molar-refractivity contribution in [1.82, 2.24) is 29.9 Å². The molecule has 3 heterocycles. The molecule has 0 saturated carbocycles. The van der Waals surface area contributed by atoms with Crippen LogP contribution in [-0.2, 0) is 4.79 Å². The van der Waals surface area contributed by atoms with Crippen LogP contribution >= 0.6 is 11.6 Å². The quantitative estimate of drug-likeness (QED) is 0.470. The van der Waals surface area contributed by atoms with E-state index >= 15 is 0 Å². The standard InChI is InChI=1S/C21H23ClN6O4/c1-13-10-16-17(25-19(24-16)18-15(22)2-3-23-20(18)31)11-14(13)21(32)28(12-30)27-6-4-26(5-7-27)8-9-29/h2-3,10-12,29H,4-9H2,1H3,(H,23,31)(H,24,25). The molecule has 0 unspecified atom stereocenters. The average molecular weight is 459 g/mol. The van der Waals surface area contributed by atoms with Gasteiger partial charge in [0, 0.05) is 44.5 Å². The Labute approximate surface area is 188 Å². The lowest BCUT2D eigenvalue weighted by atomic mass is 10.1. The Hall–Kier alpha value is -3.05. The minimum absolute atomic E-state index is 0.0707. The van der Waals surface area contributed by atoms with Crippen molar-refractivity contribution in [3.05, 3.63) is 50.9 Å². The fraction of sp³-hybridized carbons (Fsp3) is 0.333. The van der Waals surface area contributed by atoms with E-state index in [2.05, 4.69) is 19.9 Å². The average Bonchev–Trinajstić information content (AvgIpc) is 3.17. The number of aliphatic hydroxyl groups is 1. The summed E-state index contributed by atoms with van der Waals surface area (Å²) in [4.78, 5) is 49.4. The number of aryl methyl sites for hydroxylation is 1. The van der Waals surface area contributed by atoms with Gasteiger partial charge in [-0.15, -0.1) is 0 Å². The number of benzene rings is 1. The number of halogens is 1. The van der Waals surface area contributed by atoms with Gasteiger partial charge >= 0.3 is 0 Å². The third-order valence-corrected chi connectivity index (χ3v) is 5.90. The molecule has 0 atom stereocenters. The topological polar surface area (TPSA) is 126 Å². The maximum Gasteiger partial charge on any atom is 0.275 e. The third kappa shape index (κ3) is 4.17. The van der Waals surface area contributed by atoms with Crippen LogP contribution in [0.3, 0.4) is 0 Å². The lowest BCUT2D eigenvalue weighted by Crippen LogP contribution is -2.55. The number of pyridine rings is 1. The van der Waals surface area contributed by atoms with Crippen LogP contribution in [0.1, 0.15) is 15.9 Å². The number of nitrogens with zero attached hydrogens (tertiary/aromatic N) is 4. The van der Waals surface area contributed by atoms with E-state index in [1.165, 1.54) is 6.20 Å². The van der Waals surface area contributed by atoms with Crippen LogP contribution in [0, 0.1) is 6.92 Å². The summed E-state index contributed by atoms with van der Waals surface area (Å²) < 4.78 is 0. The van der Waals surface area contributed by atoms with Gasteiger partial charge in [-0.25, -0.2) is 15.0 Å². The van der Waals surface area contributed by atoms with Crippen LogP contribution in [0.15, 0.2) is 29.2 Å². The van der Waals surface area contributed by atoms with E-state index in [0.29, 0.717) is 67.1 Å². The zero-order valence-electron chi connectivity index (χ0n) is 17.5. The first-order chi connectivity index (χ1) is 15.4. The molecule has 168 valence electrons. The van der Waals surface area contributed by atoms with E-state index in [4.69, 9.17) is 16.7 Å². The Morgan fingerprint density at radius 1 is 1.31 bits per heavy atom. The van der Waals surface area contributed by atoms with Crippen molar-refractivity contribution in [1.29, 1.82) is 0 Å². The summed E-state index contributed by atoms with van der Waals surface area (Å²) in [6.45, 7) is 4.69. The van der Waals surface area contributed by atoms with Gasteiger partial charge in [-0.3, -0.25) is 19.3 Å². The van der Waals surface area contributed by atoms with Crippen molar-refractivity contribution in [2.75, 3.05) is 39.3 Å². The molecule has 32 heavy (non-hydrogen) atoms. The first-order valence-electron chi connectivity index (χ1n) is 10.2. The molecule has 3 aromatic rings. The number of imidazole rings is 1. The molecule has 2 amide bonds. The van der Waals surface area contributed by atoms with Gasteiger partial charge < -0.3 is 15.1 Å². The van der Waals surface area contributed by atoms with Crippen LogP contribution in [-0.4, -0.2) is 86.6 Å². The SMILES string of the molecule is Cc1cc2[nH]c(-c3c(Cl)cc[nH]c3=O)nc2cc1C(=O)N(C=O)N1CCN(CCO)CC1. The van der Waals surface area contributed by atoms with Crippen LogP contribution in [0.2, 0.25) is 5.02 Å². The highest BCUT2D eigenvalue weighted by Gasteiger charge is 2.27. The molecule has 1 saturated heterocycles. The number of imide groups is 1. The molecule has 1 aliphatic heterocycles. The number of hydrazine groups is 1. The number of carbonyl (C=O) groups is 2. The molecule has 1 aliphatic rings.